The second kappa shape index (κ2) is 16.0. The molecule has 0 radical (unpaired) electrons. The first-order chi connectivity index (χ1) is 23.5. The summed E-state index contributed by atoms with van der Waals surface area (Å²) >= 11 is 0. The number of nitrogens with one attached hydrogen (secondary N) is 1. The van der Waals surface area contributed by atoms with Gasteiger partial charge in [-0.15, -0.1) is 10.2 Å². The molecule has 2 aromatic carbocycles. The van der Waals surface area contributed by atoms with E-state index in [2.05, 4.69) is 91.6 Å². The number of rotatable bonds is 5. The molecule has 272 valence electrons. The van der Waals surface area contributed by atoms with Crippen LogP contribution in [0.4, 0.5) is 30.7 Å². The fourth-order valence-corrected chi connectivity index (χ4v) is 6.19. The van der Waals surface area contributed by atoms with E-state index in [1.54, 1.807) is 0 Å². The van der Waals surface area contributed by atoms with Crippen molar-refractivity contribution >= 4 is 22.8 Å². The average molecular weight is 716 g/mol. The Bertz CT molecular complexity index is 1730. The third kappa shape index (κ3) is 9.15. The predicted molar refractivity (Wildman–Crippen MR) is 168 cm³/mol. The highest BCUT2D eigenvalue weighted by atomic mass is 19.4. The highest BCUT2D eigenvalue weighted by Crippen LogP contribution is 2.48. The zero-order valence-electron chi connectivity index (χ0n) is 27.1. The topological polar surface area (TPSA) is 140 Å². The van der Waals surface area contributed by atoms with Gasteiger partial charge in [-0.05, 0) is 49.3 Å². The van der Waals surface area contributed by atoms with Crippen molar-refractivity contribution in [3.63, 3.8) is 0 Å². The largest absolute Gasteiger partial charge is 0.490 e. The number of carbonyl (C=O) groups is 2. The number of aromatic nitrogens is 5. The fraction of sp³-hybridized carbons (Fsp3) is 0.469. The van der Waals surface area contributed by atoms with E-state index >= 15 is 4.39 Å². The molecule has 0 saturated heterocycles. The van der Waals surface area contributed by atoms with Gasteiger partial charge in [0, 0.05) is 60.7 Å². The van der Waals surface area contributed by atoms with Gasteiger partial charge in [0.2, 0.25) is 5.82 Å². The third-order valence-corrected chi connectivity index (χ3v) is 8.42. The third-order valence-electron chi connectivity index (χ3n) is 8.42. The maximum absolute atomic E-state index is 15.6. The number of hydrogen-bond acceptors (Lipinski definition) is 7. The summed E-state index contributed by atoms with van der Waals surface area (Å²) in [7, 11) is 4.24. The van der Waals surface area contributed by atoms with Crippen LogP contribution < -0.4 is 0 Å². The van der Waals surface area contributed by atoms with Gasteiger partial charge in [-0.3, -0.25) is 4.90 Å². The molecule has 2 aromatic heterocycles. The molecule has 6 rings (SSSR count). The first-order valence-electron chi connectivity index (χ1n) is 15.6. The summed E-state index contributed by atoms with van der Waals surface area (Å²) in [5.74, 6) is -5.04. The number of halogens is 7. The summed E-state index contributed by atoms with van der Waals surface area (Å²) in [4.78, 5) is 22.5. The molecule has 0 unspecified atom stereocenters. The van der Waals surface area contributed by atoms with E-state index < -0.39 is 30.5 Å². The van der Waals surface area contributed by atoms with Gasteiger partial charge < -0.3 is 19.7 Å². The Balaban J connectivity index is 0.000000340. The van der Waals surface area contributed by atoms with Gasteiger partial charge in [-0.25, -0.2) is 14.0 Å². The van der Waals surface area contributed by atoms with Gasteiger partial charge in [-0.2, -0.15) is 31.6 Å². The zero-order valence-corrected chi connectivity index (χ0v) is 27.1. The number of likely N-dealkylation sites (N-methyl/N-ethyl adjacent to an activating group) is 1. The van der Waals surface area contributed by atoms with Gasteiger partial charge in [0.25, 0.3) is 0 Å². The number of aromatic amines is 1. The van der Waals surface area contributed by atoms with Crippen LogP contribution in [0.25, 0.3) is 33.5 Å². The molecule has 4 aromatic rings. The molecule has 1 aliphatic heterocycles. The lowest BCUT2D eigenvalue weighted by atomic mass is 9.79. The fourth-order valence-electron chi connectivity index (χ4n) is 6.19. The molecule has 0 bridgehead atoms. The van der Waals surface area contributed by atoms with Gasteiger partial charge in [0.05, 0.1) is 5.69 Å². The van der Waals surface area contributed by atoms with Gasteiger partial charge in [-0.1, -0.05) is 49.2 Å². The Morgan fingerprint density at radius 3 is 2.16 bits per heavy atom. The number of aliphatic carboxylic acids is 2. The molecule has 1 saturated carbocycles. The van der Waals surface area contributed by atoms with Crippen molar-refractivity contribution in [3.8, 4) is 22.6 Å². The summed E-state index contributed by atoms with van der Waals surface area (Å²) in [5.41, 5.74) is 6.80. The van der Waals surface area contributed by atoms with Crippen LogP contribution in [0.2, 0.25) is 0 Å². The Hall–Kier alpha value is -4.58. The summed E-state index contributed by atoms with van der Waals surface area (Å²) < 4.78 is 81.5. The molecule has 0 amide bonds. The summed E-state index contributed by atoms with van der Waals surface area (Å²) in [6.07, 6.45) is -7.42. The van der Waals surface area contributed by atoms with E-state index in [9.17, 15) is 26.3 Å². The SMILES string of the molecule is CN(C)CCN1CCn2c(c([C@@H]3CCCC[C@H]3F)c3ccccc32)-c2c(cccc2-c2nn[nH]n2)C1.O=C(O)C(F)(F)F.O=C(O)C(F)(F)F. The minimum atomic E-state index is -5.08. The average Bonchev–Trinajstić information content (AvgIpc) is 3.68. The molecule has 2 aliphatic rings. The maximum atomic E-state index is 15.6. The van der Waals surface area contributed by atoms with Crippen molar-refractivity contribution in [2.75, 3.05) is 33.7 Å². The smallest absolute Gasteiger partial charge is 0.475 e. The molecular formula is C32H36F7N7O4. The lowest BCUT2D eigenvalue weighted by Gasteiger charge is -2.31. The minimum absolute atomic E-state index is 0.102. The highest BCUT2D eigenvalue weighted by molar-refractivity contribution is 5.96. The Morgan fingerprint density at radius 1 is 0.940 bits per heavy atom. The van der Waals surface area contributed by atoms with E-state index in [4.69, 9.17) is 19.8 Å². The number of carboxylic acids is 2. The van der Waals surface area contributed by atoms with Crippen LogP contribution in [0.5, 0.6) is 0 Å². The number of nitrogens with zero attached hydrogens (tertiary/aromatic N) is 6. The molecule has 1 fully saturated rings. The van der Waals surface area contributed by atoms with Gasteiger partial charge >= 0.3 is 24.3 Å². The number of H-pyrrole nitrogens is 1. The van der Waals surface area contributed by atoms with Crippen LogP contribution in [0.15, 0.2) is 42.5 Å². The number of alkyl halides is 7. The first kappa shape index (κ1) is 38.2. The minimum Gasteiger partial charge on any atom is -0.475 e. The van der Waals surface area contributed by atoms with Crippen molar-refractivity contribution in [2.24, 2.45) is 0 Å². The Kier molecular flexibility index (Phi) is 12.2. The number of para-hydroxylation sites is 1. The van der Waals surface area contributed by atoms with E-state index in [-0.39, 0.29) is 5.92 Å². The number of hydrogen-bond donors (Lipinski definition) is 3. The molecule has 3 heterocycles. The molecule has 1 aliphatic carbocycles. The number of benzene rings is 2. The number of fused-ring (bicyclic) bond motifs is 5. The lowest BCUT2D eigenvalue weighted by Crippen LogP contribution is -2.35. The standard InChI is InChI=1S/C28H34FN7.2C2HF3O2/c1-34(2)14-15-35-16-17-36-24-13-6-4-10-21(24)26(20-9-3-5-12-23(20)29)27(36)25-19(18-35)8-7-11-22(25)28-30-32-33-31-28;2*3-2(4,5)1(6)7/h4,6-8,10-11,13,20,23H,3,5,9,12,14-18H2,1-2H3,(H,30,31,32,33);2*(H,6,7)/t20-,23-;;/m1../s1. The van der Waals surface area contributed by atoms with Crippen LogP contribution in [0, 0.1) is 0 Å². The van der Waals surface area contributed by atoms with Crippen molar-refractivity contribution < 1.29 is 50.5 Å². The van der Waals surface area contributed by atoms with Crippen LogP contribution >= 0.6 is 0 Å². The molecule has 0 spiro atoms. The monoisotopic (exact) mass is 715 g/mol. The van der Waals surface area contributed by atoms with Crippen LogP contribution in [0.1, 0.15) is 42.7 Å². The van der Waals surface area contributed by atoms with E-state index in [0.717, 1.165) is 74.4 Å². The second-order valence-electron chi connectivity index (χ2n) is 12.1. The first-order valence-corrected chi connectivity index (χ1v) is 15.6. The quantitative estimate of drug-likeness (QED) is 0.208. The maximum Gasteiger partial charge on any atom is 0.490 e. The van der Waals surface area contributed by atoms with E-state index in [1.165, 1.54) is 16.5 Å². The molecule has 11 nitrogen and oxygen atoms in total. The van der Waals surface area contributed by atoms with Crippen LogP contribution in [-0.4, -0.2) is 109 Å². The van der Waals surface area contributed by atoms with Crippen molar-refractivity contribution in [2.45, 2.75) is 63.2 Å². The predicted octanol–water partition coefficient (Wildman–Crippen LogP) is 6.13. The number of tetrazole rings is 1. The molecule has 50 heavy (non-hydrogen) atoms. The Labute approximate surface area is 281 Å². The normalized spacial score (nSPS) is 18.1. The van der Waals surface area contributed by atoms with Crippen molar-refractivity contribution in [3.05, 3.63) is 53.6 Å². The Morgan fingerprint density at radius 2 is 1.58 bits per heavy atom. The molecule has 2 atom stereocenters. The van der Waals surface area contributed by atoms with Crippen molar-refractivity contribution in [1.82, 2.24) is 35.0 Å². The van der Waals surface area contributed by atoms with E-state index in [0.29, 0.717) is 12.2 Å². The van der Waals surface area contributed by atoms with Gasteiger partial charge in [0.15, 0.2) is 0 Å². The number of carboxylic acid groups (broad SMARTS) is 2. The molecule has 18 heteroatoms. The zero-order chi connectivity index (χ0) is 36.8. The molecule has 3 N–H and O–H groups in total. The second-order valence-corrected chi connectivity index (χ2v) is 12.1. The van der Waals surface area contributed by atoms with E-state index in [1.807, 2.05) is 0 Å². The molecular weight excluding hydrogens is 679 g/mol. The summed E-state index contributed by atoms with van der Waals surface area (Å²) in [5, 5.41) is 30.6. The lowest BCUT2D eigenvalue weighted by molar-refractivity contribution is -0.193. The summed E-state index contributed by atoms with van der Waals surface area (Å²) in [6.45, 7) is 4.60. The van der Waals surface area contributed by atoms with Crippen molar-refractivity contribution in [1.29, 1.82) is 0 Å². The van der Waals surface area contributed by atoms with Crippen LogP contribution in [-0.2, 0) is 22.7 Å². The van der Waals surface area contributed by atoms with Crippen LogP contribution in [0.3, 0.4) is 0 Å². The highest BCUT2D eigenvalue weighted by Gasteiger charge is 2.39. The summed E-state index contributed by atoms with van der Waals surface area (Å²) in [6, 6.07) is 14.9. The van der Waals surface area contributed by atoms with Gasteiger partial charge in [0.1, 0.15) is 6.17 Å².